The number of hydrogen-bond acceptors (Lipinski definition) is 5. The molecule has 2 atom stereocenters. The molecule has 2 aliphatic carbocycles. The lowest BCUT2D eigenvalue weighted by molar-refractivity contribution is -0.207. The van der Waals surface area contributed by atoms with E-state index in [9.17, 15) is 23.1 Å². The molecule has 1 aromatic carbocycles. The summed E-state index contributed by atoms with van der Waals surface area (Å²) in [7, 11) is 0. The average molecular weight is 578 g/mol. The van der Waals surface area contributed by atoms with Crippen molar-refractivity contribution < 1.29 is 23.1 Å². The minimum absolute atomic E-state index is 0.0623. The van der Waals surface area contributed by atoms with E-state index in [0.717, 1.165) is 56.6 Å². The Bertz CT molecular complexity index is 1440. The van der Waals surface area contributed by atoms with Crippen molar-refractivity contribution in [3.8, 4) is 0 Å². The van der Waals surface area contributed by atoms with Crippen LogP contribution in [0, 0.1) is 5.41 Å². The topological polar surface area (TPSA) is 103 Å². The maximum Gasteiger partial charge on any atom is 0.416 e. The molecule has 2 saturated carbocycles. The summed E-state index contributed by atoms with van der Waals surface area (Å²) in [5, 5.41) is 23.1. The number of nitrogens with zero attached hydrogens (tertiary/aromatic N) is 6. The summed E-state index contributed by atoms with van der Waals surface area (Å²) in [4.78, 5) is 22.2. The Labute approximate surface area is 233 Å². The zero-order valence-corrected chi connectivity index (χ0v) is 22.6. The lowest BCUT2D eigenvalue weighted by Crippen LogP contribution is -2.67. The molecule has 4 fully saturated rings. The third-order valence-corrected chi connectivity index (χ3v) is 9.36. The Morgan fingerprint density at radius 3 is 2.62 bits per heavy atom. The molecule has 2 amide bonds. The number of likely N-dealkylation sites (tertiary alicyclic amines) is 2. The average Bonchev–Trinajstić information content (AvgIpc) is 3.54. The zero-order valence-electron chi connectivity index (χ0n) is 21.9. The van der Waals surface area contributed by atoms with Gasteiger partial charge in [0.25, 0.3) is 0 Å². The molecular weight excluding hydrogens is 547 g/mol. The highest BCUT2D eigenvalue weighted by molar-refractivity contribution is 6.31. The van der Waals surface area contributed by atoms with Crippen molar-refractivity contribution in [2.24, 2.45) is 5.41 Å². The van der Waals surface area contributed by atoms with Gasteiger partial charge in [0.2, 0.25) is 0 Å². The number of aromatic nitrogens is 5. The van der Waals surface area contributed by atoms with Crippen LogP contribution in [0.25, 0.3) is 10.9 Å². The normalized spacial score (nSPS) is 27.6. The number of benzene rings is 1. The number of amides is 2. The second-order valence-electron chi connectivity index (χ2n) is 12.0. The first-order chi connectivity index (χ1) is 19.1. The molecule has 13 heteroatoms. The standard InChI is InChI=1S/C27H31ClF3N7O2/c28-17-6-7-19-18(10-17)21(35-38(19)13-20(39)27(29,30)31)22-26(14-37(22)25(40)36-8-2-1-3-9-36)11-16(12-26)24-32-23(33-34-24)15-4-5-15/h6-7,10,15-16,20,22,39H,1-5,8-9,11-14H2,(H,32,33,34)/t16?,20-,22?,26?/m0/s1. The number of carbonyl (C=O) groups is 1. The van der Waals surface area contributed by atoms with Gasteiger partial charge in [0.1, 0.15) is 5.82 Å². The van der Waals surface area contributed by atoms with Gasteiger partial charge in [-0.2, -0.15) is 23.4 Å². The van der Waals surface area contributed by atoms with Gasteiger partial charge in [-0.1, -0.05) is 11.6 Å². The predicted octanol–water partition coefficient (Wildman–Crippen LogP) is 5.14. The van der Waals surface area contributed by atoms with Crippen LogP contribution < -0.4 is 0 Å². The van der Waals surface area contributed by atoms with Gasteiger partial charge in [0.15, 0.2) is 11.9 Å². The van der Waals surface area contributed by atoms with Crippen molar-refractivity contribution in [1.29, 1.82) is 0 Å². The number of hydrogen-bond donors (Lipinski definition) is 2. The van der Waals surface area contributed by atoms with E-state index in [1.165, 1.54) is 4.68 Å². The summed E-state index contributed by atoms with van der Waals surface area (Å²) in [6.07, 6.45) is -0.598. The number of carbonyl (C=O) groups excluding carboxylic acids is 1. The molecule has 0 bridgehead atoms. The molecule has 3 aromatic rings. The number of aliphatic hydroxyl groups excluding tert-OH is 1. The van der Waals surface area contributed by atoms with E-state index in [1.54, 1.807) is 18.2 Å². The lowest BCUT2D eigenvalue weighted by Gasteiger charge is -2.64. The molecule has 2 aromatic heterocycles. The zero-order chi connectivity index (χ0) is 27.8. The molecule has 1 spiro atoms. The van der Waals surface area contributed by atoms with Crippen LogP contribution in [0.15, 0.2) is 18.2 Å². The van der Waals surface area contributed by atoms with Crippen molar-refractivity contribution in [3.63, 3.8) is 0 Å². The third-order valence-electron chi connectivity index (χ3n) is 9.13. The fraction of sp³-hybridized carbons (Fsp3) is 0.630. The molecule has 0 radical (unpaired) electrons. The summed E-state index contributed by atoms with van der Waals surface area (Å²) < 4.78 is 41.0. The Morgan fingerprint density at radius 1 is 1.18 bits per heavy atom. The number of nitrogens with one attached hydrogen (secondary N) is 1. The summed E-state index contributed by atoms with van der Waals surface area (Å²) in [6, 6.07) is 4.42. The monoisotopic (exact) mass is 577 g/mol. The first kappa shape index (κ1) is 26.1. The highest BCUT2D eigenvalue weighted by Crippen LogP contribution is 2.65. The van der Waals surface area contributed by atoms with Crippen LogP contribution in [0.3, 0.4) is 0 Å². The van der Waals surface area contributed by atoms with Gasteiger partial charge in [-0.05, 0) is 63.1 Å². The third kappa shape index (κ3) is 4.34. The minimum atomic E-state index is -4.78. The fourth-order valence-corrected chi connectivity index (χ4v) is 7.04. The summed E-state index contributed by atoms with van der Waals surface area (Å²) in [6.45, 7) is 1.18. The second-order valence-corrected chi connectivity index (χ2v) is 12.4. The Hall–Kier alpha value is -2.86. The summed E-state index contributed by atoms with van der Waals surface area (Å²) in [5.41, 5.74) is 0.678. The number of halogens is 4. The molecule has 40 heavy (non-hydrogen) atoms. The highest BCUT2D eigenvalue weighted by atomic mass is 35.5. The minimum Gasteiger partial charge on any atom is -0.382 e. The molecule has 2 N–H and O–H groups in total. The molecule has 4 aliphatic rings. The first-order valence-electron chi connectivity index (χ1n) is 14.0. The predicted molar refractivity (Wildman–Crippen MR) is 140 cm³/mol. The molecule has 214 valence electrons. The maximum atomic E-state index is 13.7. The summed E-state index contributed by atoms with van der Waals surface area (Å²) >= 11 is 6.34. The second kappa shape index (κ2) is 9.34. The molecule has 7 rings (SSSR count). The molecular formula is C27H31ClF3N7O2. The number of fused-ring (bicyclic) bond motifs is 1. The van der Waals surface area contributed by atoms with E-state index >= 15 is 0 Å². The molecule has 9 nitrogen and oxygen atoms in total. The number of rotatable bonds is 5. The van der Waals surface area contributed by atoms with E-state index in [0.29, 0.717) is 47.2 Å². The number of urea groups is 1. The van der Waals surface area contributed by atoms with Crippen LogP contribution in [0.4, 0.5) is 18.0 Å². The first-order valence-corrected chi connectivity index (χ1v) is 14.4. The largest absolute Gasteiger partial charge is 0.416 e. The van der Waals surface area contributed by atoms with Gasteiger partial charge in [0, 0.05) is 47.3 Å². The smallest absolute Gasteiger partial charge is 0.382 e. The molecule has 4 heterocycles. The van der Waals surface area contributed by atoms with Crippen molar-refractivity contribution in [1.82, 2.24) is 34.8 Å². The van der Waals surface area contributed by atoms with Crippen LogP contribution in [-0.2, 0) is 6.54 Å². The van der Waals surface area contributed by atoms with Crippen LogP contribution in [0.5, 0.6) is 0 Å². The Balaban J connectivity index is 1.24. The van der Waals surface area contributed by atoms with E-state index in [4.69, 9.17) is 16.6 Å². The van der Waals surface area contributed by atoms with Gasteiger partial charge in [-0.25, -0.2) is 9.78 Å². The quantitative estimate of drug-likeness (QED) is 0.437. The van der Waals surface area contributed by atoms with Crippen molar-refractivity contribution in [2.45, 2.75) is 81.6 Å². The van der Waals surface area contributed by atoms with Crippen molar-refractivity contribution >= 4 is 28.5 Å². The van der Waals surface area contributed by atoms with Crippen molar-refractivity contribution in [2.75, 3.05) is 19.6 Å². The van der Waals surface area contributed by atoms with Gasteiger partial charge < -0.3 is 14.9 Å². The van der Waals surface area contributed by atoms with E-state index in [2.05, 4.69) is 15.3 Å². The van der Waals surface area contributed by atoms with E-state index in [-0.39, 0.29) is 17.4 Å². The highest BCUT2D eigenvalue weighted by Gasteiger charge is 2.64. The van der Waals surface area contributed by atoms with Crippen LogP contribution >= 0.6 is 11.6 Å². The Kier molecular flexibility index (Phi) is 6.08. The number of piperidine rings is 1. The van der Waals surface area contributed by atoms with Crippen LogP contribution in [-0.4, -0.2) is 77.8 Å². The van der Waals surface area contributed by atoms with Crippen LogP contribution in [0.1, 0.15) is 80.2 Å². The lowest BCUT2D eigenvalue weighted by atomic mass is 9.52. The number of aliphatic hydroxyl groups is 1. The van der Waals surface area contributed by atoms with Gasteiger partial charge >= 0.3 is 12.2 Å². The van der Waals surface area contributed by atoms with Crippen molar-refractivity contribution in [3.05, 3.63) is 40.6 Å². The molecule has 1 unspecified atom stereocenters. The number of aromatic amines is 1. The van der Waals surface area contributed by atoms with E-state index < -0.39 is 24.9 Å². The number of alkyl halides is 3. The Morgan fingerprint density at radius 2 is 1.93 bits per heavy atom. The van der Waals surface area contributed by atoms with Gasteiger partial charge in [-0.15, -0.1) is 0 Å². The molecule has 2 saturated heterocycles. The van der Waals surface area contributed by atoms with Gasteiger partial charge in [-0.3, -0.25) is 9.78 Å². The summed E-state index contributed by atoms with van der Waals surface area (Å²) in [5.74, 6) is 2.34. The van der Waals surface area contributed by atoms with Crippen LogP contribution in [0.2, 0.25) is 5.02 Å². The fourth-order valence-electron chi connectivity index (χ4n) is 6.87. The maximum absolute atomic E-state index is 13.7. The van der Waals surface area contributed by atoms with E-state index in [1.807, 2.05) is 9.80 Å². The van der Waals surface area contributed by atoms with Gasteiger partial charge in [0.05, 0.1) is 23.8 Å². The number of H-pyrrole nitrogens is 1. The molecule has 2 aliphatic heterocycles. The SMILES string of the molecule is O=C(N1CCCCC1)N1CC2(CC(c3n[nH]c(C4CC4)n3)C2)C1c1nn(C[C@H](O)C(F)(F)F)c2ccc(Cl)cc12.